The monoisotopic (exact) mass is 266 g/mol. The summed E-state index contributed by atoms with van der Waals surface area (Å²) in [6.07, 6.45) is 4.83. The van der Waals surface area contributed by atoms with Crippen LogP contribution in [0.15, 0.2) is 24.3 Å². The average molecular weight is 267 g/mol. The van der Waals surface area contributed by atoms with Crippen LogP contribution < -0.4 is 11.1 Å². The van der Waals surface area contributed by atoms with Gasteiger partial charge in [-0.1, -0.05) is 24.4 Å². The Hall–Kier alpha value is -1.06. The summed E-state index contributed by atoms with van der Waals surface area (Å²) in [5.41, 5.74) is 6.40. The van der Waals surface area contributed by atoms with Crippen LogP contribution in [-0.2, 0) is 0 Å². The van der Waals surface area contributed by atoms with Gasteiger partial charge in [0.15, 0.2) is 0 Å². The normalized spacial score (nSPS) is 17.7. The molecule has 0 heterocycles. The largest absolute Gasteiger partial charge is 0.348 e. The minimum atomic E-state index is -0.0611. The number of rotatable bonds is 4. The first-order valence-corrected chi connectivity index (χ1v) is 6.85. The Balaban J connectivity index is 1.98. The summed E-state index contributed by atoms with van der Waals surface area (Å²) in [5.74, 6) is 0.472. The zero-order valence-electron chi connectivity index (χ0n) is 10.4. The van der Waals surface area contributed by atoms with Crippen molar-refractivity contribution in [3.05, 3.63) is 34.9 Å². The van der Waals surface area contributed by atoms with E-state index in [2.05, 4.69) is 5.32 Å². The number of benzene rings is 1. The molecule has 2 rings (SSSR count). The minimum absolute atomic E-state index is 0.0611. The predicted octanol–water partition coefficient (Wildman–Crippen LogP) is 2.59. The second kappa shape index (κ2) is 6.21. The molecule has 3 N–H and O–H groups in total. The second-order valence-electron chi connectivity index (χ2n) is 4.87. The summed E-state index contributed by atoms with van der Waals surface area (Å²) in [6.45, 7) is 0.504. The van der Waals surface area contributed by atoms with E-state index in [4.69, 9.17) is 17.3 Å². The molecule has 4 heteroatoms. The number of carbonyl (C=O) groups is 1. The number of halogens is 1. The molecule has 1 unspecified atom stereocenters. The number of hydrogen-bond donors (Lipinski definition) is 2. The van der Waals surface area contributed by atoms with Crippen molar-refractivity contribution in [1.82, 2.24) is 5.32 Å². The van der Waals surface area contributed by atoms with Crippen molar-refractivity contribution in [2.75, 3.05) is 6.54 Å². The third-order valence-corrected chi connectivity index (χ3v) is 3.90. The molecule has 0 saturated heterocycles. The van der Waals surface area contributed by atoms with E-state index in [-0.39, 0.29) is 11.9 Å². The maximum absolute atomic E-state index is 12.1. The van der Waals surface area contributed by atoms with Gasteiger partial charge in [0.1, 0.15) is 0 Å². The van der Waals surface area contributed by atoms with Crippen molar-refractivity contribution in [1.29, 1.82) is 0 Å². The number of nitrogens with one attached hydrogen (secondary N) is 1. The molecule has 1 saturated carbocycles. The lowest BCUT2D eigenvalue weighted by molar-refractivity contribution is 0.0924. The van der Waals surface area contributed by atoms with E-state index < -0.39 is 0 Å². The molecule has 1 aromatic carbocycles. The minimum Gasteiger partial charge on any atom is -0.348 e. The van der Waals surface area contributed by atoms with Crippen LogP contribution in [0.25, 0.3) is 0 Å². The molecule has 1 atom stereocenters. The fraction of sp³-hybridized carbons (Fsp3) is 0.500. The number of hydrogen-bond acceptors (Lipinski definition) is 2. The highest BCUT2D eigenvalue weighted by Gasteiger charge is 2.25. The van der Waals surface area contributed by atoms with Crippen LogP contribution >= 0.6 is 11.6 Å². The topological polar surface area (TPSA) is 55.1 Å². The van der Waals surface area contributed by atoms with E-state index in [0.717, 1.165) is 0 Å². The third-order valence-electron chi connectivity index (χ3n) is 3.65. The van der Waals surface area contributed by atoms with Crippen LogP contribution in [0.3, 0.4) is 0 Å². The van der Waals surface area contributed by atoms with Crippen LogP contribution in [0.2, 0.25) is 5.02 Å². The molecule has 18 heavy (non-hydrogen) atoms. The fourth-order valence-corrected chi connectivity index (χ4v) is 2.71. The van der Waals surface area contributed by atoms with Crippen LogP contribution in [0.1, 0.15) is 36.0 Å². The van der Waals surface area contributed by atoms with Crippen molar-refractivity contribution in [2.45, 2.75) is 31.7 Å². The Kier molecular flexibility index (Phi) is 4.61. The number of carbonyl (C=O) groups excluding carboxylic acids is 1. The van der Waals surface area contributed by atoms with Crippen LogP contribution in [0.4, 0.5) is 0 Å². The van der Waals surface area contributed by atoms with Crippen molar-refractivity contribution < 1.29 is 4.79 Å². The number of amides is 1. The highest BCUT2D eigenvalue weighted by Crippen LogP contribution is 2.27. The van der Waals surface area contributed by atoms with Gasteiger partial charge in [0.25, 0.3) is 5.91 Å². The van der Waals surface area contributed by atoms with Gasteiger partial charge in [-0.2, -0.15) is 0 Å². The molecule has 0 spiro atoms. The first kappa shape index (κ1) is 13.4. The van der Waals surface area contributed by atoms with Crippen molar-refractivity contribution >= 4 is 17.5 Å². The van der Waals surface area contributed by atoms with Crippen molar-refractivity contribution in [2.24, 2.45) is 11.7 Å². The van der Waals surface area contributed by atoms with Gasteiger partial charge in [0, 0.05) is 23.2 Å². The highest BCUT2D eigenvalue weighted by atomic mass is 35.5. The molecular weight excluding hydrogens is 248 g/mol. The summed E-state index contributed by atoms with van der Waals surface area (Å²) in [6, 6.07) is 7.02. The summed E-state index contributed by atoms with van der Waals surface area (Å²) in [4.78, 5) is 12.1. The quantitative estimate of drug-likeness (QED) is 0.880. The van der Waals surface area contributed by atoms with Gasteiger partial charge in [-0.25, -0.2) is 0 Å². The lowest BCUT2D eigenvalue weighted by atomic mass is 9.98. The third kappa shape index (κ3) is 3.24. The van der Waals surface area contributed by atoms with E-state index in [0.29, 0.717) is 23.0 Å². The Labute approximate surface area is 113 Å². The zero-order valence-corrected chi connectivity index (χ0v) is 11.1. The molecular formula is C14H19ClN2O. The maximum atomic E-state index is 12.1. The van der Waals surface area contributed by atoms with E-state index in [1.165, 1.54) is 25.7 Å². The second-order valence-corrected chi connectivity index (χ2v) is 5.30. The van der Waals surface area contributed by atoms with Crippen molar-refractivity contribution in [3.8, 4) is 0 Å². The van der Waals surface area contributed by atoms with Gasteiger partial charge in [-0.15, -0.1) is 0 Å². The van der Waals surface area contributed by atoms with E-state index >= 15 is 0 Å². The fourth-order valence-electron chi connectivity index (χ4n) is 2.58. The van der Waals surface area contributed by atoms with Gasteiger partial charge in [-0.05, 0) is 43.0 Å². The van der Waals surface area contributed by atoms with Crippen LogP contribution in [0, 0.1) is 5.92 Å². The number of nitrogens with two attached hydrogens (primary N) is 1. The Bertz CT molecular complexity index is 399. The van der Waals surface area contributed by atoms with Gasteiger partial charge in [0.2, 0.25) is 0 Å². The lowest BCUT2D eigenvalue weighted by Crippen LogP contribution is -2.44. The lowest BCUT2D eigenvalue weighted by Gasteiger charge is -2.23. The predicted molar refractivity (Wildman–Crippen MR) is 73.7 cm³/mol. The Morgan fingerprint density at radius 1 is 1.33 bits per heavy atom. The highest BCUT2D eigenvalue weighted by molar-refractivity contribution is 6.30. The van der Waals surface area contributed by atoms with E-state index in [1.54, 1.807) is 24.3 Å². The summed E-state index contributed by atoms with van der Waals surface area (Å²) >= 11 is 5.80. The Morgan fingerprint density at radius 3 is 2.50 bits per heavy atom. The van der Waals surface area contributed by atoms with Gasteiger partial charge in [0.05, 0.1) is 0 Å². The molecule has 0 radical (unpaired) electrons. The SMILES string of the molecule is NCC(NC(=O)c1ccc(Cl)cc1)C1CCCC1. The smallest absolute Gasteiger partial charge is 0.251 e. The molecule has 0 aromatic heterocycles. The maximum Gasteiger partial charge on any atom is 0.251 e. The van der Waals surface area contributed by atoms with Gasteiger partial charge in [-0.3, -0.25) is 4.79 Å². The summed E-state index contributed by atoms with van der Waals surface area (Å²) in [7, 11) is 0. The zero-order chi connectivity index (χ0) is 13.0. The van der Waals surface area contributed by atoms with E-state index in [9.17, 15) is 4.79 Å². The molecule has 3 nitrogen and oxygen atoms in total. The van der Waals surface area contributed by atoms with Crippen LogP contribution in [-0.4, -0.2) is 18.5 Å². The standard InChI is InChI=1S/C14H19ClN2O/c15-12-7-5-11(6-8-12)14(18)17-13(9-16)10-3-1-2-4-10/h5-8,10,13H,1-4,9,16H2,(H,17,18). The molecule has 1 aliphatic carbocycles. The Morgan fingerprint density at radius 2 is 1.94 bits per heavy atom. The summed E-state index contributed by atoms with van der Waals surface area (Å²) in [5, 5.41) is 3.67. The first-order chi connectivity index (χ1) is 8.70. The molecule has 1 fully saturated rings. The summed E-state index contributed by atoms with van der Waals surface area (Å²) < 4.78 is 0. The van der Waals surface area contributed by atoms with Gasteiger partial charge < -0.3 is 11.1 Å². The average Bonchev–Trinajstić information content (AvgIpc) is 2.90. The molecule has 1 aliphatic rings. The van der Waals surface area contributed by atoms with Crippen molar-refractivity contribution in [3.63, 3.8) is 0 Å². The molecule has 0 bridgehead atoms. The van der Waals surface area contributed by atoms with Gasteiger partial charge >= 0.3 is 0 Å². The first-order valence-electron chi connectivity index (χ1n) is 6.47. The van der Waals surface area contributed by atoms with Crippen LogP contribution in [0.5, 0.6) is 0 Å². The van der Waals surface area contributed by atoms with E-state index in [1.807, 2.05) is 0 Å². The molecule has 0 aliphatic heterocycles. The molecule has 1 aromatic rings. The molecule has 1 amide bonds. The molecule has 98 valence electrons.